The van der Waals surface area contributed by atoms with Gasteiger partial charge < -0.3 is 19.4 Å². The predicted octanol–water partition coefficient (Wildman–Crippen LogP) is 3.38. The summed E-state index contributed by atoms with van der Waals surface area (Å²) in [5, 5.41) is 13.5. The van der Waals surface area contributed by atoms with Crippen molar-refractivity contribution in [3.8, 4) is 5.75 Å². The third-order valence-corrected chi connectivity index (χ3v) is 5.37. The maximum atomic E-state index is 12.3. The molecule has 0 saturated carbocycles. The highest BCUT2D eigenvalue weighted by atomic mass is 32.1. The van der Waals surface area contributed by atoms with Crippen molar-refractivity contribution in [2.75, 3.05) is 19.0 Å². The maximum Gasteiger partial charge on any atom is 0.227 e. The molecule has 1 atom stereocenters. The van der Waals surface area contributed by atoms with Crippen LogP contribution in [0.25, 0.3) is 10.9 Å². The summed E-state index contributed by atoms with van der Waals surface area (Å²) in [4.78, 5) is 12.3. The van der Waals surface area contributed by atoms with Crippen LogP contribution in [0.3, 0.4) is 0 Å². The Kier molecular flexibility index (Phi) is 4.85. The van der Waals surface area contributed by atoms with Gasteiger partial charge in [0.05, 0.1) is 12.6 Å². The Morgan fingerprint density at radius 1 is 1.42 bits per heavy atom. The zero-order valence-corrected chi connectivity index (χ0v) is 15.3. The summed E-state index contributed by atoms with van der Waals surface area (Å²) >= 11 is 1.38. The van der Waals surface area contributed by atoms with Crippen LogP contribution in [-0.4, -0.2) is 34.4 Å². The van der Waals surface area contributed by atoms with E-state index in [1.165, 1.54) is 11.3 Å². The number of benzene rings is 1. The molecule has 1 unspecified atom stereocenters. The molecule has 0 bridgehead atoms. The van der Waals surface area contributed by atoms with Gasteiger partial charge in [0.1, 0.15) is 16.9 Å². The summed E-state index contributed by atoms with van der Waals surface area (Å²) in [6, 6.07) is 7.93. The van der Waals surface area contributed by atoms with Gasteiger partial charge in [-0.3, -0.25) is 4.79 Å². The summed E-state index contributed by atoms with van der Waals surface area (Å²) in [5.74, 6) is 0.718. The van der Waals surface area contributed by atoms with Gasteiger partial charge >= 0.3 is 0 Å². The molecule has 26 heavy (non-hydrogen) atoms. The summed E-state index contributed by atoms with van der Waals surface area (Å²) in [5.41, 5.74) is 0.999. The Morgan fingerprint density at radius 3 is 3.15 bits per heavy atom. The van der Waals surface area contributed by atoms with E-state index in [9.17, 15) is 4.79 Å². The number of hydrogen-bond donors (Lipinski definition) is 1. The smallest absolute Gasteiger partial charge is 0.227 e. The van der Waals surface area contributed by atoms with Crippen molar-refractivity contribution in [2.45, 2.75) is 31.9 Å². The lowest BCUT2D eigenvalue weighted by molar-refractivity contribution is -0.116. The van der Waals surface area contributed by atoms with Gasteiger partial charge in [-0.05, 0) is 25.0 Å². The lowest BCUT2D eigenvalue weighted by Gasteiger charge is -2.08. The minimum atomic E-state index is -0.0863. The Balaban J connectivity index is 1.38. The highest BCUT2D eigenvalue weighted by Gasteiger charge is 2.22. The van der Waals surface area contributed by atoms with Crippen LogP contribution in [0.5, 0.6) is 5.75 Å². The second-order valence-corrected chi connectivity index (χ2v) is 7.16. The van der Waals surface area contributed by atoms with E-state index in [0.29, 0.717) is 18.1 Å². The first-order valence-electron chi connectivity index (χ1n) is 8.61. The first-order valence-corrected chi connectivity index (χ1v) is 9.43. The first kappa shape index (κ1) is 17.0. The molecular formula is C18H20N4O3S. The van der Waals surface area contributed by atoms with Gasteiger partial charge in [0.2, 0.25) is 11.0 Å². The van der Waals surface area contributed by atoms with Crippen LogP contribution in [0, 0.1) is 0 Å². The topological polar surface area (TPSA) is 78.3 Å². The predicted molar refractivity (Wildman–Crippen MR) is 99.6 cm³/mol. The van der Waals surface area contributed by atoms with Crippen LogP contribution in [0.1, 0.15) is 30.4 Å². The molecule has 1 aliphatic heterocycles. The number of amides is 1. The molecule has 7 nitrogen and oxygen atoms in total. The van der Waals surface area contributed by atoms with Crippen molar-refractivity contribution in [3.63, 3.8) is 0 Å². The highest BCUT2D eigenvalue weighted by Crippen LogP contribution is 2.32. The molecule has 2 aromatic heterocycles. The van der Waals surface area contributed by atoms with Gasteiger partial charge in [-0.25, -0.2) is 0 Å². The molecule has 1 amide bonds. The summed E-state index contributed by atoms with van der Waals surface area (Å²) in [7, 11) is 1.65. The van der Waals surface area contributed by atoms with Crippen LogP contribution < -0.4 is 10.1 Å². The molecular weight excluding hydrogens is 352 g/mol. The average molecular weight is 372 g/mol. The Labute approximate surface area is 154 Å². The first-order chi connectivity index (χ1) is 12.7. The third kappa shape index (κ3) is 3.42. The van der Waals surface area contributed by atoms with Gasteiger partial charge in [-0.15, -0.1) is 10.2 Å². The Hall–Kier alpha value is -2.45. The zero-order valence-electron chi connectivity index (χ0n) is 14.5. The number of nitrogens with one attached hydrogen (secondary N) is 1. The van der Waals surface area contributed by atoms with E-state index in [1.54, 1.807) is 7.11 Å². The fourth-order valence-electron chi connectivity index (χ4n) is 3.17. The monoisotopic (exact) mass is 372 g/mol. The third-order valence-electron chi connectivity index (χ3n) is 4.44. The number of ether oxygens (including phenoxy) is 2. The molecule has 136 valence electrons. The Morgan fingerprint density at radius 2 is 2.35 bits per heavy atom. The molecule has 4 rings (SSSR count). The summed E-state index contributed by atoms with van der Waals surface area (Å²) in [6.45, 7) is 1.33. The van der Waals surface area contributed by atoms with Gasteiger partial charge in [-0.2, -0.15) is 0 Å². The number of rotatable bonds is 6. The fourth-order valence-corrected chi connectivity index (χ4v) is 4.01. The number of aryl methyl sites for hydroxylation is 1. The van der Waals surface area contributed by atoms with Crippen molar-refractivity contribution in [2.24, 2.45) is 0 Å². The van der Waals surface area contributed by atoms with E-state index in [2.05, 4.69) is 15.5 Å². The van der Waals surface area contributed by atoms with E-state index in [1.807, 2.05) is 35.0 Å². The lowest BCUT2D eigenvalue weighted by Crippen LogP contribution is -2.14. The number of nitrogens with zero attached hydrogens (tertiary/aromatic N) is 3. The average Bonchev–Trinajstić information content (AvgIpc) is 3.39. The van der Waals surface area contributed by atoms with Crippen LogP contribution in [0.2, 0.25) is 0 Å². The second kappa shape index (κ2) is 7.43. The van der Waals surface area contributed by atoms with Crippen LogP contribution >= 0.6 is 11.3 Å². The maximum absolute atomic E-state index is 12.3. The zero-order chi connectivity index (χ0) is 17.9. The van der Waals surface area contributed by atoms with Gasteiger partial charge in [-0.1, -0.05) is 23.5 Å². The van der Waals surface area contributed by atoms with Crippen LogP contribution in [-0.2, 0) is 16.1 Å². The number of methoxy groups -OCH3 is 1. The van der Waals surface area contributed by atoms with E-state index in [4.69, 9.17) is 9.47 Å². The number of aromatic nitrogens is 3. The molecule has 1 aliphatic rings. The van der Waals surface area contributed by atoms with Gasteiger partial charge in [0.25, 0.3) is 0 Å². The number of fused-ring (bicyclic) bond motifs is 1. The number of carbonyl (C=O) groups is 1. The van der Waals surface area contributed by atoms with Crippen molar-refractivity contribution < 1.29 is 14.3 Å². The highest BCUT2D eigenvalue weighted by molar-refractivity contribution is 7.15. The van der Waals surface area contributed by atoms with Crippen molar-refractivity contribution >= 4 is 33.3 Å². The van der Waals surface area contributed by atoms with Crippen molar-refractivity contribution in [1.29, 1.82) is 0 Å². The molecule has 8 heteroatoms. The molecule has 0 radical (unpaired) electrons. The Bertz CT molecular complexity index is 914. The number of carbonyl (C=O) groups excluding carboxylic acids is 1. The molecule has 3 aromatic rings. The summed E-state index contributed by atoms with van der Waals surface area (Å²) < 4.78 is 13.1. The minimum absolute atomic E-state index is 0.0249. The van der Waals surface area contributed by atoms with Crippen molar-refractivity contribution in [1.82, 2.24) is 14.8 Å². The SMILES string of the molecule is COc1cccc2ccn(CCC(=O)Nc3nnc(C4CCCO4)s3)c12. The number of para-hydroxylation sites is 1. The normalized spacial score (nSPS) is 16.9. The second-order valence-electron chi connectivity index (χ2n) is 6.15. The summed E-state index contributed by atoms with van der Waals surface area (Å²) in [6.07, 6.45) is 4.35. The van der Waals surface area contributed by atoms with E-state index >= 15 is 0 Å². The molecule has 1 saturated heterocycles. The van der Waals surface area contributed by atoms with E-state index in [-0.39, 0.29) is 12.0 Å². The van der Waals surface area contributed by atoms with Gasteiger partial charge in [0.15, 0.2) is 0 Å². The number of hydrogen-bond acceptors (Lipinski definition) is 6. The van der Waals surface area contributed by atoms with E-state index in [0.717, 1.165) is 41.1 Å². The quantitative estimate of drug-likeness (QED) is 0.718. The largest absolute Gasteiger partial charge is 0.495 e. The fraction of sp³-hybridized carbons (Fsp3) is 0.389. The van der Waals surface area contributed by atoms with Crippen LogP contribution in [0.15, 0.2) is 30.5 Å². The molecule has 1 aromatic carbocycles. The lowest BCUT2D eigenvalue weighted by atomic mass is 10.2. The van der Waals surface area contributed by atoms with Crippen LogP contribution in [0.4, 0.5) is 5.13 Å². The van der Waals surface area contributed by atoms with Crippen molar-refractivity contribution in [3.05, 3.63) is 35.5 Å². The standard InChI is InChI=1S/C18H20N4O3S/c1-24-13-5-2-4-12-7-9-22(16(12)13)10-8-15(23)19-18-21-20-17(26-18)14-6-3-11-25-14/h2,4-5,7,9,14H,3,6,8,10-11H2,1H3,(H,19,21,23). The molecule has 0 spiro atoms. The van der Waals surface area contributed by atoms with Gasteiger partial charge in [0, 0.05) is 31.2 Å². The molecule has 3 heterocycles. The molecule has 0 aliphatic carbocycles. The number of anilines is 1. The van der Waals surface area contributed by atoms with E-state index < -0.39 is 0 Å². The molecule has 1 N–H and O–H groups in total. The minimum Gasteiger partial charge on any atom is -0.495 e. The molecule has 1 fully saturated rings.